The van der Waals surface area contributed by atoms with Crippen molar-refractivity contribution >= 4 is 5.97 Å². The van der Waals surface area contributed by atoms with Crippen LogP contribution in [0.4, 0.5) is 0 Å². The van der Waals surface area contributed by atoms with Crippen LogP contribution in [0.5, 0.6) is 0 Å². The number of hydrogen-bond donors (Lipinski definition) is 1. The molecule has 0 amide bonds. The van der Waals surface area contributed by atoms with Crippen LogP contribution in [0.3, 0.4) is 0 Å². The maximum absolute atomic E-state index is 10.5. The number of ether oxygens (including phenoxy) is 1. The van der Waals surface area contributed by atoms with E-state index < -0.39 is 6.10 Å². The first kappa shape index (κ1) is 14.4. The molecule has 4 heteroatoms. The highest BCUT2D eigenvalue weighted by atomic mass is 16.5. The first-order chi connectivity index (χ1) is 7.10. The number of rotatable bonds is 8. The molecular formula is C11H23NO3. The fraction of sp³-hybridized carbons (Fsp3) is 0.909. The summed E-state index contributed by atoms with van der Waals surface area (Å²) in [5.74, 6) is -0.341. The molecule has 0 aromatic carbocycles. The maximum atomic E-state index is 10.5. The third-order valence-electron chi connectivity index (χ3n) is 2.03. The first-order valence-electron chi connectivity index (χ1n) is 5.63. The maximum Gasteiger partial charge on any atom is 0.302 e. The van der Waals surface area contributed by atoms with Gasteiger partial charge >= 0.3 is 5.97 Å². The van der Waals surface area contributed by atoms with E-state index in [1.807, 2.05) is 0 Å². The molecule has 4 nitrogen and oxygen atoms in total. The minimum atomic E-state index is -0.577. The molecule has 0 aromatic heterocycles. The van der Waals surface area contributed by atoms with Crippen molar-refractivity contribution in [1.29, 1.82) is 0 Å². The fourth-order valence-electron chi connectivity index (χ4n) is 1.49. The Kier molecular flexibility index (Phi) is 8.33. The van der Waals surface area contributed by atoms with Crippen LogP contribution in [0.1, 0.15) is 33.6 Å². The molecule has 1 unspecified atom stereocenters. The SMILES string of the molecule is CCCN(CCC)CC(O)COC(C)=O. The van der Waals surface area contributed by atoms with Gasteiger partial charge in [-0.15, -0.1) is 0 Å². The Morgan fingerprint density at radius 2 is 1.87 bits per heavy atom. The standard InChI is InChI=1S/C11H23NO3/c1-4-6-12(7-5-2)8-11(14)9-15-10(3)13/h11,14H,4-9H2,1-3H3. The molecule has 0 rings (SSSR count). The van der Waals surface area contributed by atoms with Gasteiger partial charge in [0.25, 0.3) is 0 Å². The van der Waals surface area contributed by atoms with Gasteiger partial charge in [-0.05, 0) is 25.9 Å². The Labute approximate surface area is 92.2 Å². The van der Waals surface area contributed by atoms with Crippen LogP contribution in [0.2, 0.25) is 0 Å². The molecule has 0 aromatic rings. The van der Waals surface area contributed by atoms with Crippen molar-refractivity contribution in [1.82, 2.24) is 4.90 Å². The van der Waals surface area contributed by atoms with Gasteiger partial charge in [-0.1, -0.05) is 13.8 Å². The predicted octanol–water partition coefficient (Wildman–Crippen LogP) is 1.03. The third kappa shape index (κ3) is 8.39. The molecule has 0 radical (unpaired) electrons. The van der Waals surface area contributed by atoms with Crippen LogP contribution in [0.25, 0.3) is 0 Å². The van der Waals surface area contributed by atoms with E-state index in [-0.39, 0.29) is 12.6 Å². The van der Waals surface area contributed by atoms with Crippen molar-refractivity contribution in [2.24, 2.45) is 0 Å². The summed E-state index contributed by atoms with van der Waals surface area (Å²) in [7, 11) is 0. The lowest BCUT2D eigenvalue weighted by molar-refractivity contribution is -0.144. The van der Waals surface area contributed by atoms with Gasteiger partial charge in [-0.3, -0.25) is 4.79 Å². The number of carbonyl (C=O) groups excluding carboxylic acids is 1. The number of aliphatic hydroxyl groups excluding tert-OH is 1. The van der Waals surface area contributed by atoms with Crippen molar-refractivity contribution in [3.05, 3.63) is 0 Å². The summed E-state index contributed by atoms with van der Waals surface area (Å²) in [5.41, 5.74) is 0. The second kappa shape index (κ2) is 8.68. The van der Waals surface area contributed by atoms with E-state index >= 15 is 0 Å². The molecule has 0 saturated heterocycles. The van der Waals surface area contributed by atoms with Crippen molar-refractivity contribution in [2.75, 3.05) is 26.2 Å². The van der Waals surface area contributed by atoms with Gasteiger partial charge in [0.1, 0.15) is 12.7 Å². The number of aliphatic hydroxyl groups is 1. The van der Waals surface area contributed by atoms with Gasteiger partial charge in [-0.25, -0.2) is 0 Å². The van der Waals surface area contributed by atoms with Gasteiger partial charge in [-0.2, -0.15) is 0 Å². The highest BCUT2D eigenvalue weighted by molar-refractivity contribution is 5.65. The van der Waals surface area contributed by atoms with E-state index in [2.05, 4.69) is 18.7 Å². The number of nitrogens with zero attached hydrogens (tertiary/aromatic N) is 1. The normalized spacial score (nSPS) is 12.9. The highest BCUT2D eigenvalue weighted by Crippen LogP contribution is 1.97. The lowest BCUT2D eigenvalue weighted by Gasteiger charge is -2.23. The number of hydrogen-bond acceptors (Lipinski definition) is 4. The minimum absolute atomic E-state index is 0.0965. The quantitative estimate of drug-likeness (QED) is 0.617. The van der Waals surface area contributed by atoms with Crippen LogP contribution in [0, 0.1) is 0 Å². The third-order valence-corrected chi connectivity index (χ3v) is 2.03. The summed E-state index contributed by atoms with van der Waals surface area (Å²) in [6, 6.07) is 0. The van der Waals surface area contributed by atoms with Crippen molar-refractivity contribution in [3.8, 4) is 0 Å². The van der Waals surface area contributed by atoms with E-state index in [0.29, 0.717) is 6.54 Å². The lowest BCUT2D eigenvalue weighted by atomic mass is 10.3. The van der Waals surface area contributed by atoms with Gasteiger partial charge in [0, 0.05) is 13.5 Å². The Morgan fingerprint density at radius 1 is 1.33 bits per heavy atom. The van der Waals surface area contributed by atoms with Gasteiger partial charge in [0.15, 0.2) is 0 Å². The summed E-state index contributed by atoms with van der Waals surface area (Å²) < 4.78 is 4.75. The second-order valence-electron chi connectivity index (χ2n) is 3.76. The fourth-order valence-corrected chi connectivity index (χ4v) is 1.49. The molecule has 0 spiro atoms. The summed E-state index contributed by atoms with van der Waals surface area (Å²) in [6.07, 6.45) is 1.56. The van der Waals surface area contributed by atoms with Gasteiger partial charge < -0.3 is 14.7 Å². The molecule has 0 aliphatic rings. The first-order valence-corrected chi connectivity index (χ1v) is 5.63. The molecule has 1 N–H and O–H groups in total. The average molecular weight is 217 g/mol. The molecule has 0 saturated carbocycles. The molecule has 1 atom stereocenters. The van der Waals surface area contributed by atoms with E-state index in [0.717, 1.165) is 25.9 Å². The van der Waals surface area contributed by atoms with Crippen LogP contribution in [-0.2, 0) is 9.53 Å². The molecule has 15 heavy (non-hydrogen) atoms. The zero-order valence-electron chi connectivity index (χ0n) is 10.0. The highest BCUT2D eigenvalue weighted by Gasteiger charge is 2.11. The summed E-state index contributed by atoms with van der Waals surface area (Å²) in [4.78, 5) is 12.7. The van der Waals surface area contributed by atoms with Crippen LogP contribution < -0.4 is 0 Å². The lowest BCUT2D eigenvalue weighted by Crippen LogP contribution is -2.36. The largest absolute Gasteiger partial charge is 0.463 e. The van der Waals surface area contributed by atoms with E-state index in [9.17, 15) is 9.90 Å². The van der Waals surface area contributed by atoms with Crippen LogP contribution >= 0.6 is 0 Å². The van der Waals surface area contributed by atoms with Gasteiger partial charge in [0.2, 0.25) is 0 Å². The van der Waals surface area contributed by atoms with Crippen molar-refractivity contribution < 1.29 is 14.6 Å². The predicted molar refractivity (Wildman–Crippen MR) is 59.7 cm³/mol. The van der Waals surface area contributed by atoms with E-state index in [4.69, 9.17) is 4.74 Å². The summed E-state index contributed by atoms with van der Waals surface area (Å²) in [6.45, 7) is 8.20. The molecule has 0 bridgehead atoms. The number of carbonyl (C=O) groups is 1. The summed E-state index contributed by atoms with van der Waals surface area (Å²) in [5, 5.41) is 9.60. The average Bonchev–Trinajstić information content (AvgIpc) is 2.15. The molecular weight excluding hydrogens is 194 g/mol. The smallest absolute Gasteiger partial charge is 0.302 e. The Hall–Kier alpha value is -0.610. The zero-order valence-corrected chi connectivity index (χ0v) is 10.0. The van der Waals surface area contributed by atoms with E-state index in [1.165, 1.54) is 6.92 Å². The Bertz CT molecular complexity index is 167. The van der Waals surface area contributed by atoms with Crippen molar-refractivity contribution in [3.63, 3.8) is 0 Å². The molecule has 90 valence electrons. The van der Waals surface area contributed by atoms with Gasteiger partial charge in [0.05, 0.1) is 0 Å². The molecule has 0 aliphatic carbocycles. The molecule has 0 aliphatic heterocycles. The van der Waals surface area contributed by atoms with Crippen molar-refractivity contribution in [2.45, 2.75) is 39.7 Å². The number of esters is 1. The van der Waals surface area contributed by atoms with Crippen LogP contribution in [-0.4, -0.2) is 48.3 Å². The second-order valence-corrected chi connectivity index (χ2v) is 3.76. The molecule has 0 heterocycles. The zero-order chi connectivity index (χ0) is 11.7. The summed E-state index contributed by atoms with van der Waals surface area (Å²) >= 11 is 0. The monoisotopic (exact) mass is 217 g/mol. The Balaban J connectivity index is 3.76. The van der Waals surface area contributed by atoms with E-state index in [1.54, 1.807) is 0 Å². The van der Waals surface area contributed by atoms with Crippen LogP contribution in [0.15, 0.2) is 0 Å². The molecule has 0 fully saturated rings. The topological polar surface area (TPSA) is 49.8 Å². The Morgan fingerprint density at radius 3 is 2.27 bits per heavy atom. The minimum Gasteiger partial charge on any atom is -0.463 e.